The van der Waals surface area contributed by atoms with Crippen molar-refractivity contribution in [3.63, 3.8) is 0 Å². The van der Waals surface area contributed by atoms with Crippen LogP contribution in [-0.4, -0.2) is 28.5 Å². The lowest BCUT2D eigenvalue weighted by Gasteiger charge is -2.20. The van der Waals surface area contributed by atoms with Crippen molar-refractivity contribution in [1.82, 2.24) is 9.47 Å². The summed E-state index contributed by atoms with van der Waals surface area (Å²) in [5, 5.41) is 0. The highest BCUT2D eigenvalue weighted by atomic mass is 19.1. The van der Waals surface area contributed by atoms with Gasteiger partial charge in [-0.15, -0.1) is 0 Å². The maximum Gasteiger partial charge on any atom is 0.270 e. The standard InChI is InChI=1S/C21H25FN2O/c1-15-18-6-2-3-7-19(18)24(14-16-8-10-17(22)11-9-16)20(15)21(25)23-12-4-5-13-23/h8-11H,2-7,12-14H2,1H3. The summed E-state index contributed by atoms with van der Waals surface area (Å²) in [5.74, 6) is -0.0469. The van der Waals surface area contributed by atoms with Gasteiger partial charge in [-0.2, -0.15) is 0 Å². The van der Waals surface area contributed by atoms with Crippen LogP contribution in [0.3, 0.4) is 0 Å². The number of amides is 1. The predicted molar refractivity (Wildman–Crippen MR) is 96.5 cm³/mol. The van der Waals surface area contributed by atoms with Crippen LogP contribution >= 0.6 is 0 Å². The number of nitrogens with zero attached hydrogens (tertiary/aromatic N) is 2. The molecule has 0 N–H and O–H groups in total. The first kappa shape index (κ1) is 16.4. The summed E-state index contributed by atoms with van der Waals surface area (Å²) in [6.07, 6.45) is 6.68. The Morgan fingerprint density at radius 1 is 1.04 bits per heavy atom. The van der Waals surface area contributed by atoms with Gasteiger partial charge in [0.25, 0.3) is 5.91 Å². The van der Waals surface area contributed by atoms with Gasteiger partial charge in [-0.1, -0.05) is 12.1 Å². The Morgan fingerprint density at radius 3 is 2.44 bits per heavy atom. The van der Waals surface area contributed by atoms with Crippen LogP contribution in [-0.2, 0) is 19.4 Å². The van der Waals surface area contributed by atoms with Gasteiger partial charge in [0, 0.05) is 25.3 Å². The zero-order chi connectivity index (χ0) is 17.4. The number of aromatic nitrogens is 1. The second-order valence-electron chi connectivity index (χ2n) is 7.32. The number of carbonyl (C=O) groups is 1. The molecule has 132 valence electrons. The molecule has 1 fully saturated rings. The van der Waals surface area contributed by atoms with Gasteiger partial charge >= 0.3 is 0 Å². The molecule has 1 amide bonds. The molecule has 1 saturated heterocycles. The van der Waals surface area contributed by atoms with E-state index in [4.69, 9.17) is 0 Å². The molecule has 0 spiro atoms. The molecule has 0 radical (unpaired) electrons. The van der Waals surface area contributed by atoms with E-state index in [1.54, 1.807) is 0 Å². The van der Waals surface area contributed by atoms with E-state index in [1.165, 1.54) is 36.2 Å². The fourth-order valence-electron chi connectivity index (χ4n) is 4.36. The number of hydrogen-bond acceptors (Lipinski definition) is 1. The number of carbonyl (C=O) groups excluding carboxylic acids is 1. The summed E-state index contributed by atoms with van der Waals surface area (Å²) in [6, 6.07) is 6.65. The Kier molecular flexibility index (Phi) is 4.36. The van der Waals surface area contributed by atoms with Crippen LogP contribution in [0.2, 0.25) is 0 Å². The molecule has 2 aromatic rings. The SMILES string of the molecule is Cc1c2c(n(Cc3ccc(F)cc3)c1C(=O)N1CCCC1)CCCC2. The Labute approximate surface area is 148 Å². The molecule has 25 heavy (non-hydrogen) atoms. The lowest BCUT2D eigenvalue weighted by molar-refractivity contribution is 0.0781. The average molecular weight is 340 g/mol. The first-order chi connectivity index (χ1) is 12.1. The van der Waals surface area contributed by atoms with E-state index in [1.807, 2.05) is 17.0 Å². The molecule has 3 nitrogen and oxygen atoms in total. The van der Waals surface area contributed by atoms with Crippen LogP contribution in [0.5, 0.6) is 0 Å². The number of benzene rings is 1. The summed E-state index contributed by atoms with van der Waals surface area (Å²) in [7, 11) is 0. The van der Waals surface area contributed by atoms with Gasteiger partial charge in [-0.05, 0) is 74.3 Å². The minimum Gasteiger partial charge on any atom is -0.337 e. The molecule has 1 aromatic heterocycles. The highest BCUT2D eigenvalue weighted by Gasteiger charge is 2.29. The Bertz CT molecular complexity index is 785. The first-order valence-corrected chi connectivity index (χ1v) is 9.39. The minimum atomic E-state index is -0.220. The number of fused-ring (bicyclic) bond motifs is 1. The van der Waals surface area contributed by atoms with E-state index < -0.39 is 0 Å². The molecule has 0 bridgehead atoms. The molecule has 0 unspecified atom stereocenters. The second kappa shape index (κ2) is 6.66. The number of halogens is 1. The Hall–Kier alpha value is -2.10. The van der Waals surface area contributed by atoms with Crippen molar-refractivity contribution >= 4 is 5.91 Å². The normalized spacial score (nSPS) is 17.0. The molecule has 1 aliphatic heterocycles. The molecular formula is C21H25FN2O. The van der Waals surface area contributed by atoms with Gasteiger partial charge < -0.3 is 9.47 Å². The molecule has 1 aromatic carbocycles. The third kappa shape index (κ3) is 2.99. The van der Waals surface area contributed by atoms with Crippen molar-refractivity contribution in [2.75, 3.05) is 13.1 Å². The maximum atomic E-state index is 13.2. The average Bonchev–Trinajstić information content (AvgIpc) is 3.25. The van der Waals surface area contributed by atoms with Crippen molar-refractivity contribution < 1.29 is 9.18 Å². The van der Waals surface area contributed by atoms with Gasteiger partial charge in [0.1, 0.15) is 11.5 Å². The van der Waals surface area contributed by atoms with Crippen LogP contribution in [0.4, 0.5) is 4.39 Å². The monoisotopic (exact) mass is 340 g/mol. The lowest BCUT2D eigenvalue weighted by atomic mass is 9.95. The van der Waals surface area contributed by atoms with Crippen LogP contribution in [0.15, 0.2) is 24.3 Å². The van der Waals surface area contributed by atoms with Crippen molar-refractivity contribution in [2.24, 2.45) is 0 Å². The van der Waals surface area contributed by atoms with E-state index in [0.29, 0.717) is 6.54 Å². The van der Waals surface area contributed by atoms with E-state index in [-0.39, 0.29) is 11.7 Å². The zero-order valence-electron chi connectivity index (χ0n) is 14.9. The van der Waals surface area contributed by atoms with Gasteiger partial charge in [-0.25, -0.2) is 4.39 Å². The van der Waals surface area contributed by atoms with Gasteiger partial charge in [0.15, 0.2) is 0 Å². The molecule has 2 aliphatic rings. The molecule has 1 aliphatic carbocycles. The topological polar surface area (TPSA) is 25.2 Å². The van der Waals surface area contributed by atoms with Crippen molar-refractivity contribution in [3.05, 3.63) is 58.2 Å². The zero-order valence-corrected chi connectivity index (χ0v) is 14.9. The van der Waals surface area contributed by atoms with Gasteiger partial charge in [-0.3, -0.25) is 4.79 Å². The summed E-state index contributed by atoms with van der Waals surface area (Å²) >= 11 is 0. The summed E-state index contributed by atoms with van der Waals surface area (Å²) < 4.78 is 15.5. The third-order valence-corrected chi connectivity index (χ3v) is 5.69. The molecule has 4 rings (SSSR count). The van der Waals surface area contributed by atoms with Crippen LogP contribution < -0.4 is 0 Å². The number of likely N-dealkylation sites (tertiary alicyclic amines) is 1. The molecule has 0 atom stereocenters. The largest absolute Gasteiger partial charge is 0.337 e. The summed E-state index contributed by atoms with van der Waals surface area (Å²) in [4.78, 5) is 15.2. The molecule has 4 heteroatoms. The maximum absolute atomic E-state index is 13.2. The smallest absolute Gasteiger partial charge is 0.270 e. The highest BCUT2D eigenvalue weighted by Crippen LogP contribution is 2.31. The molecule has 0 saturated carbocycles. The summed E-state index contributed by atoms with van der Waals surface area (Å²) in [5.41, 5.74) is 5.75. The fraction of sp³-hybridized carbons (Fsp3) is 0.476. The van der Waals surface area contributed by atoms with Crippen LogP contribution in [0.25, 0.3) is 0 Å². The van der Waals surface area contributed by atoms with Gasteiger partial charge in [0.05, 0.1) is 0 Å². The van der Waals surface area contributed by atoms with E-state index >= 15 is 0 Å². The van der Waals surface area contributed by atoms with Crippen molar-refractivity contribution in [1.29, 1.82) is 0 Å². The lowest BCUT2D eigenvalue weighted by Crippen LogP contribution is -2.30. The second-order valence-corrected chi connectivity index (χ2v) is 7.32. The number of hydrogen-bond donors (Lipinski definition) is 0. The predicted octanol–water partition coefficient (Wildman–Crippen LogP) is 4.10. The van der Waals surface area contributed by atoms with Crippen LogP contribution in [0, 0.1) is 12.7 Å². The Balaban J connectivity index is 1.77. The molecular weight excluding hydrogens is 315 g/mol. The van der Waals surface area contributed by atoms with Crippen molar-refractivity contribution in [2.45, 2.75) is 52.0 Å². The quantitative estimate of drug-likeness (QED) is 0.826. The van der Waals surface area contributed by atoms with E-state index in [0.717, 1.165) is 55.6 Å². The van der Waals surface area contributed by atoms with Crippen LogP contribution in [0.1, 0.15) is 58.6 Å². The van der Waals surface area contributed by atoms with Crippen molar-refractivity contribution in [3.8, 4) is 0 Å². The Morgan fingerprint density at radius 2 is 1.72 bits per heavy atom. The first-order valence-electron chi connectivity index (χ1n) is 9.39. The van der Waals surface area contributed by atoms with Gasteiger partial charge in [0.2, 0.25) is 0 Å². The van der Waals surface area contributed by atoms with E-state index in [2.05, 4.69) is 11.5 Å². The summed E-state index contributed by atoms with van der Waals surface area (Å²) in [6.45, 7) is 4.48. The minimum absolute atomic E-state index is 0.173. The highest BCUT2D eigenvalue weighted by molar-refractivity contribution is 5.95. The third-order valence-electron chi connectivity index (χ3n) is 5.69. The fourth-order valence-corrected chi connectivity index (χ4v) is 4.36. The number of rotatable bonds is 3. The van der Waals surface area contributed by atoms with E-state index in [9.17, 15) is 9.18 Å². The molecule has 2 heterocycles.